The topological polar surface area (TPSA) is 68.2 Å². The van der Waals surface area contributed by atoms with Crippen LogP contribution in [0.5, 0.6) is 11.5 Å². The number of fused-ring (bicyclic) bond motifs is 1. The highest BCUT2D eigenvalue weighted by atomic mass is 79.9. The fraction of sp³-hybridized carbons (Fsp3) is 0.227. The van der Waals surface area contributed by atoms with E-state index >= 15 is 0 Å². The summed E-state index contributed by atoms with van der Waals surface area (Å²) in [6.45, 7) is 0.680. The zero-order valence-corrected chi connectivity index (χ0v) is 20.1. The molecule has 0 atom stereocenters. The molecular formula is C22H19BrN2O4S2. The molecule has 0 fully saturated rings. The summed E-state index contributed by atoms with van der Waals surface area (Å²) >= 11 is 4.86. The maximum atomic E-state index is 13.7. The molecule has 0 amide bonds. The zero-order chi connectivity index (χ0) is 22.0. The van der Waals surface area contributed by atoms with Crippen LogP contribution < -0.4 is 9.47 Å². The van der Waals surface area contributed by atoms with Crippen molar-refractivity contribution in [2.75, 3.05) is 26.5 Å². The number of ether oxygens (including phenoxy) is 2. The largest absolute Gasteiger partial charge is 0.497 e. The summed E-state index contributed by atoms with van der Waals surface area (Å²) in [6.07, 6.45) is 1.72. The average Bonchev–Trinajstić information content (AvgIpc) is 3.31. The summed E-state index contributed by atoms with van der Waals surface area (Å²) in [6, 6.07) is 10.4. The van der Waals surface area contributed by atoms with Crippen LogP contribution in [0, 0.1) is 0 Å². The highest BCUT2D eigenvalue weighted by molar-refractivity contribution is 9.15. The van der Waals surface area contributed by atoms with Crippen molar-refractivity contribution in [2.45, 2.75) is 11.4 Å². The van der Waals surface area contributed by atoms with Crippen LogP contribution in [-0.2, 0) is 16.6 Å². The van der Waals surface area contributed by atoms with E-state index in [-0.39, 0.29) is 11.4 Å². The first-order valence-electron chi connectivity index (χ1n) is 9.36. The maximum absolute atomic E-state index is 13.7. The summed E-state index contributed by atoms with van der Waals surface area (Å²) in [5, 5.41) is 0.479. The second-order valence-corrected chi connectivity index (χ2v) is 10.4. The molecule has 1 heterocycles. The molecule has 0 bridgehead atoms. The number of benzene rings is 2. The first-order chi connectivity index (χ1) is 14.9. The van der Waals surface area contributed by atoms with Crippen molar-refractivity contribution in [1.82, 2.24) is 4.31 Å². The lowest BCUT2D eigenvalue weighted by Gasteiger charge is -2.25. The lowest BCUT2D eigenvalue weighted by atomic mass is 10.1. The molecule has 0 radical (unpaired) electrons. The second-order valence-electron chi connectivity index (χ2n) is 6.68. The Morgan fingerprint density at radius 2 is 2.03 bits per heavy atom. The number of sulfonamides is 1. The van der Waals surface area contributed by atoms with Crippen LogP contribution in [0.1, 0.15) is 16.7 Å². The molecule has 4 rings (SSSR count). The van der Waals surface area contributed by atoms with Gasteiger partial charge in [-0.3, -0.25) is 4.99 Å². The third kappa shape index (κ3) is 4.33. The van der Waals surface area contributed by atoms with Gasteiger partial charge in [-0.05, 0) is 51.8 Å². The normalized spacial score (nSPS) is 14.7. The number of hydrogen-bond acceptors (Lipinski definition) is 6. The maximum Gasteiger partial charge on any atom is 0.266 e. The molecule has 0 unspecified atom stereocenters. The smallest absolute Gasteiger partial charge is 0.266 e. The molecule has 0 saturated carbocycles. The number of rotatable bonds is 6. The lowest BCUT2D eigenvalue weighted by molar-refractivity contribution is 0.388. The molecule has 0 spiro atoms. The first-order valence-corrected chi connectivity index (χ1v) is 12.6. The van der Waals surface area contributed by atoms with Gasteiger partial charge in [0.25, 0.3) is 10.0 Å². The van der Waals surface area contributed by atoms with Crippen molar-refractivity contribution in [3.05, 3.63) is 64.6 Å². The van der Waals surface area contributed by atoms with Gasteiger partial charge in [0.2, 0.25) is 0 Å². The molecular weight excluding hydrogens is 500 g/mol. The van der Waals surface area contributed by atoms with E-state index in [1.807, 2.05) is 6.07 Å². The number of aliphatic imine (C=N–C) groups is 1. The van der Waals surface area contributed by atoms with Gasteiger partial charge in [-0.1, -0.05) is 29.3 Å². The highest BCUT2D eigenvalue weighted by Gasteiger charge is 2.31. The summed E-state index contributed by atoms with van der Waals surface area (Å²) in [5.74, 6) is 1.93. The molecule has 0 aromatic heterocycles. The Bertz CT molecular complexity index is 1270. The van der Waals surface area contributed by atoms with E-state index in [9.17, 15) is 8.42 Å². The van der Waals surface area contributed by atoms with Gasteiger partial charge >= 0.3 is 0 Å². The molecule has 31 heavy (non-hydrogen) atoms. The minimum absolute atomic E-state index is 0.0950. The molecule has 0 saturated heterocycles. The summed E-state index contributed by atoms with van der Waals surface area (Å²) in [7, 11) is -0.751. The minimum atomic E-state index is -3.87. The predicted molar refractivity (Wildman–Crippen MR) is 127 cm³/mol. The molecule has 0 N–H and O–H groups in total. The summed E-state index contributed by atoms with van der Waals surface area (Å²) < 4.78 is 40.2. The molecule has 1 aliphatic carbocycles. The Morgan fingerprint density at radius 1 is 1.19 bits per heavy atom. The van der Waals surface area contributed by atoms with E-state index in [2.05, 4.69) is 32.4 Å². The van der Waals surface area contributed by atoms with E-state index in [0.29, 0.717) is 28.8 Å². The van der Waals surface area contributed by atoms with Crippen LogP contribution in [0.15, 0.2) is 57.7 Å². The summed E-state index contributed by atoms with van der Waals surface area (Å²) in [5.41, 5.74) is 8.18. The monoisotopic (exact) mass is 518 g/mol. The van der Waals surface area contributed by atoms with Crippen LogP contribution >= 0.6 is 27.7 Å². The zero-order valence-electron chi connectivity index (χ0n) is 16.9. The Labute approximate surface area is 194 Å². The van der Waals surface area contributed by atoms with Crippen molar-refractivity contribution < 1.29 is 17.9 Å². The highest BCUT2D eigenvalue weighted by Crippen LogP contribution is 2.33. The number of thioether (sulfide) groups is 1. The van der Waals surface area contributed by atoms with Gasteiger partial charge in [-0.25, -0.2) is 12.7 Å². The molecule has 2 aliphatic rings. The van der Waals surface area contributed by atoms with Gasteiger partial charge in [0, 0.05) is 22.9 Å². The van der Waals surface area contributed by atoms with Gasteiger partial charge in [0.15, 0.2) is 5.17 Å². The van der Waals surface area contributed by atoms with Gasteiger partial charge in [0.1, 0.15) is 11.5 Å². The molecule has 9 heteroatoms. The average molecular weight is 519 g/mol. The third-order valence-corrected chi connectivity index (χ3v) is 8.32. The Morgan fingerprint density at radius 3 is 2.74 bits per heavy atom. The van der Waals surface area contributed by atoms with E-state index in [1.165, 1.54) is 16.1 Å². The molecule has 1 aliphatic heterocycles. The first kappa shape index (κ1) is 21.8. The van der Waals surface area contributed by atoms with Crippen molar-refractivity contribution >= 4 is 53.4 Å². The number of hydrogen-bond donors (Lipinski definition) is 0. The van der Waals surface area contributed by atoms with Crippen molar-refractivity contribution in [2.24, 2.45) is 4.99 Å². The van der Waals surface area contributed by atoms with Crippen molar-refractivity contribution in [1.29, 1.82) is 0 Å². The van der Waals surface area contributed by atoms with Crippen LogP contribution in [-0.4, -0.2) is 44.4 Å². The lowest BCUT2D eigenvalue weighted by Crippen LogP contribution is -2.34. The van der Waals surface area contributed by atoms with Gasteiger partial charge in [-0.15, -0.1) is 0 Å². The fourth-order valence-electron chi connectivity index (χ4n) is 3.26. The van der Waals surface area contributed by atoms with Crippen LogP contribution in [0.25, 0.3) is 10.6 Å². The van der Waals surface area contributed by atoms with Gasteiger partial charge in [-0.2, -0.15) is 0 Å². The van der Waals surface area contributed by atoms with E-state index in [0.717, 1.165) is 21.4 Å². The Hall–Kier alpha value is -2.41. The Kier molecular flexibility index (Phi) is 6.32. The third-order valence-electron chi connectivity index (χ3n) is 4.85. The second kappa shape index (κ2) is 8.99. The van der Waals surface area contributed by atoms with E-state index in [1.54, 1.807) is 50.6 Å². The summed E-state index contributed by atoms with van der Waals surface area (Å²) in [4.78, 5) is 4.62. The van der Waals surface area contributed by atoms with Gasteiger partial charge in [0.05, 0.1) is 36.7 Å². The standard InChI is InChI=1S/C22H19BrN2O4S2/c1-28-17-7-6-16(21(13-17)29-2)14-25(22-24-10-11-30-22)31(26,27)18-8-9-19-15(12-18)4-3-5-20(19)23/h4,6-9,12-13H,10-11,14H2,1-2H3. The molecule has 2 aromatic rings. The van der Waals surface area contributed by atoms with E-state index < -0.39 is 10.0 Å². The Balaban J connectivity index is 1.76. The minimum Gasteiger partial charge on any atom is -0.497 e. The van der Waals surface area contributed by atoms with E-state index in [4.69, 9.17) is 9.47 Å². The quantitative estimate of drug-likeness (QED) is 0.526. The predicted octanol–water partition coefficient (Wildman–Crippen LogP) is 4.51. The molecule has 2 aromatic carbocycles. The molecule has 6 nitrogen and oxygen atoms in total. The van der Waals surface area contributed by atoms with Crippen LogP contribution in [0.3, 0.4) is 0 Å². The van der Waals surface area contributed by atoms with Crippen molar-refractivity contribution in [3.8, 4) is 11.5 Å². The number of amidine groups is 1. The van der Waals surface area contributed by atoms with Crippen molar-refractivity contribution in [3.63, 3.8) is 0 Å². The van der Waals surface area contributed by atoms with Gasteiger partial charge < -0.3 is 9.47 Å². The van der Waals surface area contributed by atoms with Crippen LogP contribution in [0.2, 0.25) is 0 Å². The number of methoxy groups -OCH3 is 2. The van der Waals surface area contributed by atoms with Crippen LogP contribution in [0.4, 0.5) is 0 Å². The number of halogens is 1. The SMILES string of the molecule is COc1ccc(CN(C2=NCCS2)S(=O)(=O)c2ccc3c(c2)C=C=C=C3Br)c(OC)c1. The fourth-order valence-corrected chi connectivity index (χ4v) is 6.29. The number of nitrogens with zero attached hydrogens (tertiary/aromatic N) is 2. The molecule has 160 valence electrons.